The molecule has 178 valence electrons. The first-order chi connectivity index (χ1) is 15.5. The van der Waals surface area contributed by atoms with Gasteiger partial charge in [-0.25, -0.2) is 0 Å². The van der Waals surface area contributed by atoms with Gasteiger partial charge in [0.05, 0.1) is 0 Å². The lowest BCUT2D eigenvalue weighted by Crippen LogP contribution is -2.67. The molecule has 33 heavy (non-hydrogen) atoms. The van der Waals surface area contributed by atoms with Crippen LogP contribution in [0, 0.1) is 28.6 Å². The predicted octanol–water partition coefficient (Wildman–Crippen LogP) is 6.09. The van der Waals surface area contributed by atoms with Gasteiger partial charge in [-0.15, -0.1) is 0 Å². The Hall–Kier alpha value is -1.52. The molecule has 0 radical (unpaired) electrons. The monoisotopic (exact) mass is 488 g/mol. The molecule has 5 rings (SSSR count). The van der Waals surface area contributed by atoms with Crippen LogP contribution in [-0.2, 0) is 15.1 Å². The summed E-state index contributed by atoms with van der Waals surface area (Å²) in [6, 6.07) is 4.94. The number of hydrogen-bond donors (Lipinski definition) is 1. The molecule has 2 amide bonds. The number of carbonyl (C=O) groups is 2. The van der Waals surface area contributed by atoms with Gasteiger partial charge in [0.1, 0.15) is 5.54 Å². The molecule has 0 aromatic heterocycles. The van der Waals surface area contributed by atoms with E-state index in [-0.39, 0.29) is 17.4 Å². The van der Waals surface area contributed by atoms with Crippen LogP contribution in [0.3, 0.4) is 0 Å². The first-order valence-corrected chi connectivity index (χ1v) is 13.1. The Morgan fingerprint density at radius 2 is 1.88 bits per heavy atom. The molecule has 1 heterocycles. The van der Waals surface area contributed by atoms with Crippen molar-refractivity contribution in [3.8, 4) is 0 Å². The number of primary amides is 1. The van der Waals surface area contributed by atoms with E-state index in [2.05, 4.69) is 19.9 Å². The third kappa shape index (κ3) is 3.23. The van der Waals surface area contributed by atoms with Crippen molar-refractivity contribution in [2.24, 2.45) is 34.3 Å². The van der Waals surface area contributed by atoms with E-state index >= 15 is 0 Å². The molecule has 1 aliphatic heterocycles. The number of nitrogens with two attached hydrogens (primary N) is 1. The van der Waals surface area contributed by atoms with Crippen molar-refractivity contribution in [2.45, 2.75) is 77.3 Å². The summed E-state index contributed by atoms with van der Waals surface area (Å²) >= 11 is 12.7. The molecule has 1 aromatic rings. The maximum atomic E-state index is 13.4. The molecule has 6 heteroatoms. The third-order valence-corrected chi connectivity index (χ3v) is 10.6. The molecule has 0 bridgehead atoms. The van der Waals surface area contributed by atoms with Gasteiger partial charge in [0.25, 0.3) is 0 Å². The lowest BCUT2D eigenvalue weighted by molar-refractivity contribution is -0.160. The van der Waals surface area contributed by atoms with Gasteiger partial charge in [-0.1, -0.05) is 55.6 Å². The number of carbonyl (C=O) groups excluding carboxylic acids is 2. The van der Waals surface area contributed by atoms with Gasteiger partial charge in [-0.2, -0.15) is 0 Å². The number of rotatable bonds is 3. The van der Waals surface area contributed by atoms with Crippen LogP contribution in [0.5, 0.6) is 0 Å². The van der Waals surface area contributed by atoms with E-state index in [9.17, 15) is 9.59 Å². The van der Waals surface area contributed by atoms with E-state index in [4.69, 9.17) is 28.9 Å². The van der Waals surface area contributed by atoms with Crippen molar-refractivity contribution in [1.29, 1.82) is 0 Å². The molecular formula is C27H34Cl2N2O2. The average molecular weight is 489 g/mol. The quantitative estimate of drug-likeness (QED) is 0.558. The van der Waals surface area contributed by atoms with Gasteiger partial charge in [-0.05, 0) is 86.8 Å². The summed E-state index contributed by atoms with van der Waals surface area (Å²) in [6.45, 7) is 6.53. The molecule has 3 fully saturated rings. The fourth-order valence-electron chi connectivity index (χ4n) is 8.29. The van der Waals surface area contributed by atoms with Crippen molar-refractivity contribution < 1.29 is 9.59 Å². The zero-order valence-corrected chi connectivity index (χ0v) is 21.3. The molecule has 1 aromatic carbocycles. The van der Waals surface area contributed by atoms with Gasteiger partial charge >= 0.3 is 0 Å². The first kappa shape index (κ1) is 23.2. The van der Waals surface area contributed by atoms with Crippen LogP contribution in [0.4, 0.5) is 0 Å². The second-order valence-electron chi connectivity index (χ2n) is 11.5. The molecule has 2 N–H and O–H groups in total. The van der Waals surface area contributed by atoms with E-state index in [1.807, 2.05) is 0 Å². The number of hydrogen-bond acceptors (Lipinski definition) is 2. The lowest BCUT2D eigenvalue weighted by atomic mass is 9.48. The van der Waals surface area contributed by atoms with E-state index < -0.39 is 11.4 Å². The second-order valence-corrected chi connectivity index (χ2v) is 12.4. The van der Waals surface area contributed by atoms with Gasteiger partial charge < -0.3 is 10.6 Å². The van der Waals surface area contributed by atoms with Crippen LogP contribution in [0.25, 0.3) is 0 Å². The largest absolute Gasteiger partial charge is 0.367 e. The molecule has 2 unspecified atom stereocenters. The van der Waals surface area contributed by atoms with Crippen LogP contribution in [0.2, 0.25) is 10.0 Å². The number of fused-ring (bicyclic) bond motifs is 5. The Morgan fingerprint density at radius 1 is 1.12 bits per heavy atom. The van der Waals surface area contributed by atoms with E-state index in [1.54, 1.807) is 36.1 Å². The summed E-state index contributed by atoms with van der Waals surface area (Å²) < 4.78 is 0. The highest BCUT2D eigenvalue weighted by Crippen LogP contribution is 2.64. The topological polar surface area (TPSA) is 63.4 Å². The molecule has 0 saturated heterocycles. The molecular weight excluding hydrogens is 455 g/mol. The molecule has 3 aliphatic carbocycles. The highest BCUT2D eigenvalue weighted by molar-refractivity contribution is 6.35. The van der Waals surface area contributed by atoms with Crippen molar-refractivity contribution in [3.63, 3.8) is 0 Å². The zero-order chi connectivity index (χ0) is 23.8. The van der Waals surface area contributed by atoms with Gasteiger partial charge in [0, 0.05) is 27.1 Å². The number of halogens is 2. The lowest BCUT2D eigenvalue weighted by Gasteiger charge is -2.62. The van der Waals surface area contributed by atoms with E-state index in [0.717, 1.165) is 18.8 Å². The Morgan fingerprint density at radius 3 is 2.58 bits per heavy atom. The summed E-state index contributed by atoms with van der Waals surface area (Å²) in [4.78, 5) is 28.3. The van der Waals surface area contributed by atoms with E-state index in [1.165, 1.54) is 32.1 Å². The first-order valence-electron chi connectivity index (χ1n) is 12.3. The molecule has 0 spiro atoms. The second kappa shape index (κ2) is 7.75. The molecule has 7 atom stereocenters. The van der Waals surface area contributed by atoms with Gasteiger partial charge in [0.2, 0.25) is 11.8 Å². The Labute approximate surface area is 206 Å². The van der Waals surface area contributed by atoms with Crippen LogP contribution >= 0.6 is 23.2 Å². The minimum Gasteiger partial charge on any atom is -0.367 e. The summed E-state index contributed by atoms with van der Waals surface area (Å²) in [5, 5.41) is 0.827. The van der Waals surface area contributed by atoms with Crippen molar-refractivity contribution >= 4 is 35.0 Å². The third-order valence-electron chi connectivity index (χ3n) is 10.1. The van der Waals surface area contributed by atoms with Gasteiger partial charge in [-0.3, -0.25) is 9.59 Å². The number of nitrogens with zero attached hydrogens (tertiary/aromatic N) is 1. The highest BCUT2D eigenvalue weighted by atomic mass is 35.5. The van der Waals surface area contributed by atoms with Crippen LogP contribution in [0.15, 0.2) is 30.4 Å². The molecule has 4 aliphatic rings. The predicted molar refractivity (Wildman–Crippen MR) is 132 cm³/mol. The summed E-state index contributed by atoms with van der Waals surface area (Å²) in [5.41, 5.74) is 5.48. The van der Waals surface area contributed by atoms with Crippen molar-refractivity contribution in [1.82, 2.24) is 4.90 Å². The van der Waals surface area contributed by atoms with Crippen molar-refractivity contribution in [3.05, 3.63) is 46.0 Å². The smallest absolute Gasteiger partial charge is 0.247 e. The average Bonchev–Trinajstić information content (AvgIpc) is 3.15. The molecule has 3 saturated carbocycles. The number of benzene rings is 1. The van der Waals surface area contributed by atoms with Crippen LogP contribution in [0.1, 0.15) is 71.3 Å². The minimum absolute atomic E-state index is 0.105. The van der Waals surface area contributed by atoms with Crippen LogP contribution in [-0.4, -0.2) is 22.8 Å². The highest BCUT2D eigenvalue weighted by Gasteiger charge is 2.61. The molecule has 4 nitrogen and oxygen atoms in total. The SMILES string of the molecule is CC(C(N)=O)(c1ccc(Cl)cc1Cl)N1C(=O)C=C[C@@]2(C)C1CC[C@@H]1[C@H]2CC[C@]2(C)CCC[C@@H]12. The maximum absolute atomic E-state index is 13.4. The minimum atomic E-state index is -1.36. The van der Waals surface area contributed by atoms with Crippen LogP contribution < -0.4 is 5.73 Å². The van der Waals surface area contributed by atoms with Crippen molar-refractivity contribution in [2.75, 3.05) is 0 Å². The van der Waals surface area contributed by atoms with Gasteiger partial charge in [0.15, 0.2) is 0 Å². The Balaban J connectivity index is 1.59. The summed E-state index contributed by atoms with van der Waals surface area (Å²) in [6.07, 6.45) is 12.2. The fraction of sp³-hybridized carbons (Fsp3) is 0.630. The number of amides is 2. The summed E-state index contributed by atoms with van der Waals surface area (Å²) in [7, 11) is 0. The zero-order valence-electron chi connectivity index (χ0n) is 19.7. The standard InChI is InChI=1S/C27H34Cl2N2O2/c1-25-12-4-5-18(25)17-7-9-22-26(2,19(17)10-13-25)14-11-23(32)31(22)27(3,24(30)33)20-8-6-16(28)15-21(20)29/h6,8,11,14-15,17-19,22H,4-5,7,9-10,12-13H2,1-3H3,(H2,30,33)/t17-,18-,19+,22?,25-,26+,27?/m0/s1. The normalized spacial score (nSPS) is 39.4. The fourth-order valence-corrected chi connectivity index (χ4v) is 8.88. The Bertz CT molecular complexity index is 1040. The van der Waals surface area contributed by atoms with E-state index in [0.29, 0.717) is 32.9 Å². The Kier molecular flexibility index (Phi) is 5.45. The summed E-state index contributed by atoms with van der Waals surface area (Å²) in [5.74, 6) is 1.18. The maximum Gasteiger partial charge on any atom is 0.247 e.